The van der Waals surface area contributed by atoms with Crippen LogP contribution in [0.25, 0.3) is 0 Å². The highest BCUT2D eigenvalue weighted by atomic mass is 19.4. The van der Waals surface area contributed by atoms with Gasteiger partial charge in [-0.05, 0) is 6.07 Å². The first kappa shape index (κ1) is 15.9. The summed E-state index contributed by atoms with van der Waals surface area (Å²) in [5, 5.41) is 1.38. The van der Waals surface area contributed by atoms with Gasteiger partial charge >= 0.3 is 6.18 Å². The van der Waals surface area contributed by atoms with E-state index in [0.29, 0.717) is 0 Å². The van der Waals surface area contributed by atoms with Crippen LogP contribution in [-0.4, -0.2) is 29.0 Å². The van der Waals surface area contributed by atoms with E-state index in [-0.39, 0.29) is 13.1 Å². The smallest absolute Gasteiger partial charge is 0.284 e. The van der Waals surface area contributed by atoms with Crippen molar-refractivity contribution in [1.29, 1.82) is 0 Å². The molecular weight excluding hydrogens is 271 g/mol. The maximum atomic E-state index is 12.8. The first-order chi connectivity index (χ1) is 9.40. The fraction of sp³-hybridized carbons (Fsp3) is 0.231. The molecule has 0 radical (unpaired) electrons. The molecule has 1 heterocycles. The Morgan fingerprint density at radius 2 is 1.95 bits per heavy atom. The molecule has 1 N–H and O–H groups in total. The van der Waals surface area contributed by atoms with Gasteiger partial charge in [0.25, 0.3) is 5.91 Å². The lowest BCUT2D eigenvalue weighted by atomic mass is 10.1. The minimum Gasteiger partial charge on any atom is -0.284 e. The quantitative estimate of drug-likeness (QED) is 0.645. The summed E-state index contributed by atoms with van der Waals surface area (Å²) >= 11 is 0. The van der Waals surface area contributed by atoms with E-state index >= 15 is 0 Å². The van der Waals surface area contributed by atoms with Gasteiger partial charge in [0.2, 0.25) is 0 Å². The largest absolute Gasteiger partial charge is 0.417 e. The van der Waals surface area contributed by atoms with Crippen LogP contribution in [0.3, 0.4) is 0 Å². The average molecular weight is 285 g/mol. The number of pyridine rings is 1. The number of aromatic nitrogens is 1. The molecule has 0 bridgehead atoms. The Bertz CT molecular complexity index is 490. The van der Waals surface area contributed by atoms with Crippen molar-refractivity contribution in [3.05, 3.63) is 54.9 Å². The average Bonchev–Trinajstić information content (AvgIpc) is 2.38. The van der Waals surface area contributed by atoms with E-state index in [9.17, 15) is 18.0 Å². The molecular formula is C13H14F3N3O. The van der Waals surface area contributed by atoms with Gasteiger partial charge in [0.05, 0.1) is 11.1 Å². The lowest BCUT2D eigenvalue weighted by Gasteiger charge is -2.21. The number of nitrogens with zero attached hydrogens (tertiary/aromatic N) is 2. The summed E-state index contributed by atoms with van der Waals surface area (Å²) in [6.07, 6.45) is 0.287. The summed E-state index contributed by atoms with van der Waals surface area (Å²) in [4.78, 5) is 15.5. The predicted octanol–water partition coefficient (Wildman–Crippen LogP) is 2.42. The second-order valence-corrected chi connectivity index (χ2v) is 3.84. The van der Waals surface area contributed by atoms with Crippen LogP contribution in [0.5, 0.6) is 0 Å². The second-order valence-electron chi connectivity index (χ2n) is 3.84. The number of alkyl halides is 3. The monoisotopic (exact) mass is 285 g/mol. The number of hydrazine groups is 1. The van der Waals surface area contributed by atoms with Crippen LogP contribution in [-0.2, 0) is 6.18 Å². The number of rotatable bonds is 6. The van der Waals surface area contributed by atoms with Gasteiger partial charge < -0.3 is 0 Å². The highest BCUT2D eigenvalue weighted by molar-refractivity contribution is 5.95. The zero-order valence-electron chi connectivity index (χ0n) is 10.7. The zero-order chi connectivity index (χ0) is 15.2. The number of carbonyl (C=O) groups is 1. The van der Waals surface area contributed by atoms with Gasteiger partial charge in [0.1, 0.15) is 0 Å². The van der Waals surface area contributed by atoms with Gasteiger partial charge in [-0.25, -0.2) is 5.01 Å². The fourth-order valence-electron chi connectivity index (χ4n) is 1.50. The van der Waals surface area contributed by atoms with Crippen molar-refractivity contribution in [3.63, 3.8) is 0 Å². The Balaban J connectivity index is 2.97. The van der Waals surface area contributed by atoms with Gasteiger partial charge in [0.15, 0.2) is 0 Å². The molecule has 0 aliphatic rings. The minimum absolute atomic E-state index is 0.277. The Morgan fingerprint density at radius 3 is 2.45 bits per heavy atom. The minimum atomic E-state index is -4.61. The van der Waals surface area contributed by atoms with E-state index in [1.54, 1.807) is 0 Å². The van der Waals surface area contributed by atoms with Crippen LogP contribution < -0.4 is 5.43 Å². The van der Waals surface area contributed by atoms with Crippen molar-refractivity contribution < 1.29 is 18.0 Å². The molecule has 20 heavy (non-hydrogen) atoms. The number of nitrogens with one attached hydrogen (secondary N) is 1. The van der Waals surface area contributed by atoms with Gasteiger partial charge in [-0.15, -0.1) is 13.2 Å². The molecule has 7 heteroatoms. The molecule has 1 aromatic heterocycles. The summed E-state index contributed by atoms with van der Waals surface area (Å²) in [5.41, 5.74) is 0.804. The number of hydrogen-bond donors (Lipinski definition) is 1. The van der Waals surface area contributed by atoms with Gasteiger partial charge in [-0.1, -0.05) is 12.2 Å². The SMILES string of the molecule is C=CCN(CC=C)NC(=O)c1cnccc1C(F)(F)F. The lowest BCUT2D eigenvalue weighted by Crippen LogP contribution is -2.43. The molecule has 1 amide bonds. The Kier molecular flexibility index (Phi) is 5.45. The Morgan fingerprint density at radius 1 is 1.35 bits per heavy atom. The van der Waals surface area contributed by atoms with Crippen molar-refractivity contribution in [2.75, 3.05) is 13.1 Å². The third kappa shape index (κ3) is 4.20. The molecule has 0 saturated heterocycles. The van der Waals surface area contributed by atoms with E-state index in [2.05, 4.69) is 23.6 Å². The van der Waals surface area contributed by atoms with Crippen LogP contribution in [0.15, 0.2) is 43.8 Å². The molecule has 0 saturated carbocycles. The van der Waals surface area contributed by atoms with Crippen LogP contribution in [0.1, 0.15) is 15.9 Å². The Hall–Kier alpha value is -2.15. The fourth-order valence-corrected chi connectivity index (χ4v) is 1.50. The molecule has 0 spiro atoms. The Labute approximate surface area is 114 Å². The van der Waals surface area contributed by atoms with Crippen molar-refractivity contribution in [1.82, 2.24) is 15.4 Å². The predicted molar refractivity (Wildman–Crippen MR) is 68.7 cm³/mol. The van der Waals surface area contributed by atoms with E-state index in [1.165, 1.54) is 17.2 Å². The van der Waals surface area contributed by atoms with E-state index in [0.717, 1.165) is 18.5 Å². The maximum Gasteiger partial charge on any atom is 0.417 e. The van der Waals surface area contributed by atoms with Crippen LogP contribution in [0.4, 0.5) is 13.2 Å². The van der Waals surface area contributed by atoms with Crippen molar-refractivity contribution in [2.45, 2.75) is 6.18 Å². The maximum absolute atomic E-state index is 12.8. The summed E-state index contributed by atoms with van der Waals surface area (Å²) in [5.74, 6) is -0.880. The van der Waals surface area contributed by atoms with Crippen molar-refractivity contribution in [2.24, 2.45) is 0 Å². The topological polar surface area (TPSA) is 45.2 Å². The first-order valence-electron chi connectivity index (χ1n) is 5.69. The highest BCUT2D eigenvalue weighted by Gasteiger charge is 2.35. The molecule has 1 aromatic rings. The molecule has 0 aliphatic carbocycles. The highest BCUT2D eigenvalue weighted by Crippen LogP contribution is 2.31. The van der Waals surface area contributed by atoms with E-state index in [1.807, 2.05) is 0 Å². The number of halogens is 3. The van der Waals surface area contributed by atoms with E-state index < -0.39 is 23.2 Å². The van der Waals surface area contributed by atoms with Crippen LogP contribution in [0, 0.1) is 0 Å². The molecule has 0 aliphatic heterocycles. The first-order valence-corrected chi connectivity index (χ1v) is 5.69. The number of carbonyl (C=O) groups excluding carboxylic acids is 1. The number of hydrogen-bond acceptors (Lipinski definition) is 3. The lowest BCUT2D eigenvalue weighted by molar-refractivity contribution is -0.138. The van der Waals surface area contributed by atoms with Crippen LogP contribution in [0.2, 0.25) is 0 Å². The van der Waals surface area contributed by atoms with Crippen LogP contribution >= 0.6 is 0 Å². The van der Waals surface area contributed by atoms with Gasteiger partial charge in [-0.3, -0.25) is 15.2 Å². The molecule has 0 atom stereocenters. The normalized spacial score (nSPS) is 11.2. The van der Waals surface area contributed by atoms with Gasteiger partial charge in [0, 0.05) is 25.5 Å². The third-order valence-electron chi connectivity index (χ3n) is 2.33. The van der Waals surface area contributed by atoms with E-state index in [4.69, 9.17) is 0 Å². The standard InChI is InChI=1S/C13H14F3N3O/c1-3-7-19(8-4-2)18-12(20)10-9-17-6-5-11(10)13(14,15)16/h3-6,9H,1-2,7-8H2,(H,18,20). The van der Waals surface area contributed by atoms with Crippen molar-refractivity contribution in [3.8, 4) is 0 Å². The molecule has 0 fully saturated rings. The summed E-state index contributed by atoms with van der Waals surface area (Å²) in [7, 11) is 0. The molecule has 108 valence electrons. The molecule has 0 unspecified atom stereocenters. The molecule has 1 rings (SSSR count). The second kappa shape index (κ2) is 6.85. The summed E-state index contributed by atoms with van der Waals surface area (Å²) < 4.78 is 38.4. The van der Waals surface area contributed by atoms with Gasteiger partial charge in [-0.2, -0.15) is 13.2 Å². The number of amides is 1. The summed E-state index contributed by atoms with van der Waals surface area (Å²) in [6, 6.07) is 0.764. The third-order valence-corrected chi connectivity index (χ3v) is 2.33. The molecule has 0 aromatic carbocycles. The summed E-state index contributed by atoms with van der Waals surface area (Å²) in [6.45, 7) is 7.55. The molecule has 4 nitrogen and oxygen atoms in total. The zero-order valence-corrected chi connectivity index (χ0v) is 10.7. The van der Waals surface area contributed by atoms with Crippen molar-refractivity contribution >= 4 is 5.91 Å².